The van der Waals surface area contributed by atoms with E-state index in [0.717, 1.165) is 16.6 Å². The van der Waals surface area contributed by atoms with E-state index in [-0.39, 0.29) is 5.02 Å². The Bertz CT molecular complexity index is 1020. The number of anilines is 2. The van der Waals surface area contributed by atoms with Crippen LogP contribution in [-0.2, 0) is 0 Å². The van der Waals surface area contributed by atoms with Crippen molar-refractivity contribution in [3.8, 4) is 5.69 Å². The van der Waals surface area contributed by atoms with E-state index in [4.69, 9.17) is 11.6 Å². The topological polar surface area (TPSA) is 55.6 Å². The van der Waals surface area contributed by atoms with E-state index in [0.29, 0.717) is 11.5 Å². The van der Waals surface area contributed by atoms with Gasteiger partial charge in [-0.3, -0.25) is 0 Å². The lowest BCUT2D eigenvalue weighted by Crippen LogP contribution is -1.98. The number of nitrogens with one attached hydrogen (secondary N) is 1. The van der Waals surface area contributed by atoms with Gasteiger partial charge < -0.3 is 9.88 Å². The molecule has 0 radical (unpaired) electrons. The minimum atomic E-state index is -0.461. The van der Waals surface area contributed by atoms with E-state index in [1.54, 1.807) is 18.6 Å². The monoisotopic (exact) mass is 339 g/mol. The number of aromatic nitrogens is 4. The highest BCUT2D eigenvalue weighted by molar-refractivity contribution is 6.31. The van der Waals surface area contributed by atoms with Crippen LogP contribution in [0.3, 0.4) is 0 Å². The fraction of sp³-hybridized carbons (Fsp3) is 0. The van der Waals surface area contributed by atoms with Crippen molar-refractivity contribution in [2.24, 2.45) is 0 Å². The summed E-state index contributed by atoms with van der Waals surface area (Å²) in [5.41, 5.74) is 2.38. The second-order valence-corrected chi connectivity index (χ2v) is 5.55. The first-order valence-electron chi connectivity index (χ1n) is 7.16. The Hall–Kier alpha value is -2.99. The van der Waals surface area contributed by atoms with Crippen LogP contribution in [0.1, 0.15) is 0 Å². The predicted molar refractivity (Wildman–Crippen MR) is 91.4 cm³/mol. The molecular formula is C17H11ClFN5. The molecule has 0 aliphatic carbocycles. The number of benzene rings is 2. The minimum Gasteiger partial charge on any atom is -0.340 e. The van der Waals surface area contributed by atoms with E-state index in [1.807, 2.05) is 29.0 Å². The van der Waals surface area contributed by atoms with Crippen molar-refractivity contribution >= 4 is 34.0 Å². The van der Waals surface area contributed by atoms with Gasteiger partial charge in [0.15, 0.2) is 0 Å². The number of imidazole rings is 1. The number of hydrogen-bond acceptors (Lipinski definition) is 4. The molecule has 4 aromatic rings. The van der Waals surface area contributed by atoms with Crippen molar-refractivity contribution in [3.63, 3.8) is 0 Å². The van der Waals surface area contributed by atoms with Gasteiger partial charge in [-0.15, -0.1) is 0 Å². The van der Waals surface area contributed by atoms with Gasteiger partial charge in [0, 0.05) is 29.2 Å². The molecule has 0 saturated carbocycles. The summed E-state index contributed by atoms with van der Waals surface area (Å²) < 4.78 is 15.2. The van der Waals surface area contributed by atoms with E-state index in [9.17, 15) is 4.39 Å². The predicted octanol–water partition coefficient (Wildman–Crippen LogP) is 4.35. The Morgan fingerprint density at radius 1 is 1.08 bits per heavy atom. The van der Waals surface area contributed by atoms with Crippen LogP contribution in [0, 0.1) is 5.82 Å². The number of nitrogens with zero attached hydrogens (tertiary/aromatic N) is 4. The van der Waals surface area contributed by atoms with Gasteiger partial charge in [0.25, 0.3) is 0 Å². The molecule has 24 heavy (non-hydrogen) atoms. The summed E-state index contributed by atoms with van der Waals surface area (Å²) in [6, 6.07) is 10.3. The van der Waals surface area contributed by atoms with E-state index in [2.05, 4.69) is 20.3 Å². The average molecular weight is 340 g/mol. The van der Waals surface area contributed by atoms with Crippen LogP contribution in [0.15, 0.2) is 61.4 Å². The first-order valence-corrected chi connectivity index (χ1v) is 7.54. The molecule has 0 bridgehead atoms. The van der Waals surface area contributed by atoms with Crippen molar-refractivity contribution in [2.45, 2.75) is 0 Å². The van der Waals surface area contributed by atoms with E-state index < -0.39 is 5.82 Å². The zero-order valence-electron chi connectivity index (χ0n) is 12.3. The number of rotatable bonds is 3. The molecule has 0 fully saturated rings. The molecule has 0 amide bonds. The second-order valence-electron chi connectivity index (χ2n) is 5.15. The van der Waals surface area contributed by atoms with Gasteiger partial charge in [-0.1, -0.05) is 11.6 Å². The first-order chi connectivity index (χ1) is 11.7. The molecule has 1 N–H and O–H groups in total. The molecule has 0 aliphatic rings. The third-order valence-electron chi connectivity index (χ3n) is 3.60. The number of hydrogen-bond donors (Lipinski definition) is 1. The zero-order chi connectivity index (χ0) is 16.5. The molecule has 0 saturated heterocycles. The molecule has 5 nitrogen and oxygen atoms in total. The van der Waals surface area contributed by atoms with Crippen LogP contribution in [0.2, 0.25) is 5.02 Å². The van der Waals surface area contributed by atoms with Crippen LogP contribution in [0.25, 0.3) is 16.6 Å². The standard InChI is InChI=1S/C17H11ClFN5/c18-14-7-11(1-3-15(14)19)23-17-13-8-12(24-6-5-20-10-24)2-4-16(13)21-9-22-17/h1-10H,(H,21,22,23). The highest BCUT2D eigenvalue weighted by atomic mass is 35.5. The number of fused-ring (bicyclic) bond motifs is 1. The van der Waals surface area contributed by atoms with Crippen LogP contribution in [0.4, 0.5) is 15.9 Å². The fourth-order valence-corrected chi connectivity index (χ4v) is 2.61. The lowest BCUT2D eigenvalue weighted by atomic mass is 10.2. The van der Waals surface area contributed by atoms with Crippen molar-refractivity contribution in [1.82, 2.24) is 19.5 Å². The molecule has 0 spiro atoms. The van der Waals surface area contributed by atoms with Crippen molar-refractivity contribution in [1.29, 1.82) is 0 Å². The summed E-state index contributed by atoms with van der Waals surface area (Å²) in [5.74, 6) is 0.154. The van der Waals surface area contributed by atoms with E-state index in [1.165, 1.54) is 18.5 Å². The summed E-state index contributed by atoms with van der Waals surface area (Å²) in [6.45, 7) is 0. The van der Waals surface area contributed by atoms with Crippen molar-refractivity contribution in [3.05, 3.63) is 72.3 Å². The lowest BCUT2D eigenvalue weighted by Gasteiger charge is -2.10. The second kappa shape index (κ2) is 5.90. The van der Waals surface area contributed by atoms with Crippen LogP contribution < -0.4 is 5.32 Å². The van der Waals surface area contributed by atoms with Crippen LogP contribution >= 0.6 is 11.6 Å². The Morgan fingerprint density at radius 3 is 2.79 bits per heavy atom. The Morgan fingerprint density at radius 2 is 2.00 bits per heavy atom. The Labute approximate surface area is 141 Å². The maximum absolute atomic E-state index is 13.3. The molecule has 4 rings (SSSR count). The van der Waals surface area contributed by atoms with Gasteiger partial charge in [-0.2, -0.15) is 0 Å². The zero-order valence-corrected chi connectivity index (χ0v) is 13.1. The number of halogens is 2. The molecular weight excluding hydrogens is 329 g/mol. The fourth-order valence-electron chi connectivity index (χ4n) is 2.43. The lowest BCUT2D eigenvalue weighted by molar-refractivity contribution is 0.628. The molecule has 0 atom stereocenters. The molecule has 0 unspecified atom stereocenters. The summed E-state index contributed by atoms with van der Waals surface area (Å²) in [5, 5.41) is 4.05. The Kier molecular flexibility index (Phi) is 3.59. The molecule has 118 valence electrons. The smallest absolute Gasteiger partial charge is 0.141 e. The van der Waals surface area contributed by atoms with Crippen LogP contribution in [-0.4, -0.2) is 19.5 Å². The van der Waals surface area contributed by atoms with Gasteiger partial charge in [0.1, 0.15) is 18.0 Å². The first kappa shape index (κ1) is 14.6. The SMILES string of the molecule is Fc1ccc(Nc2ncnc3ccc(-n4ccnc4)cc23)cc1Cl. The minimum absolute atomic E-state index is 0.0532. The maximum atomic E-state index is 13.3. The summed E-state index contributed by atoms with van der Waals surface area (Å²) in [7, 11) is 0. The summed E-state index contributed by atoms with van der Waals surface area (Å²) in [6.07, 6.45) is 6.77. The highest BCUT2D eigenvalue weighted by Crippen LogP contribution is 2.27. The molecule has 7 heteroatoms. The average Bonchev–Trinajstić information content (AvgIpc) is 3.13. The maximum Gasteiger partial charge on any atom is 0.141 e. The van der Waals surface area contributed by atoms with E-state index >= 15 is 0 Å². The molecule has 2 heterocycles. The third kappa shape index (κ3) is 2.68. The quantitative estimate of drug-likeness (QED) is 0.603. The van der Waals surface area contributed by atoms with Gasteiger partial charge in [-0.05, 0) is 36.4 Å². The summed E-state index contributed by atoms with van der Waals surface area (Å²) in [4.78, 5) is 12.6. The highest BCUT2D eigenvalue weighted by Gasteiger charge is 2.08. The molecule has 0 aliphatic heterocycles. The van der Waals surface area contributed by atoms with Gasteiger partial charge in [0.2, 0.25) is 0 Å². The van der Waals surface area contributed by atoms with Gasteiger partial charge >= 0.3 is 0 Å². The van der Waals surface area contributed by atoms with Gasteiger partial charge in [0.05, 0.1) is 16.9 Å². The van der Waals surface area contributed by atoms with Gasteiger partial charge in [-0.25, -0.2) is 19.3 Å². The normalized spacial score (nSPS) is 10.9. The Balaban J connectivity index is 1.79. The largest absolute Gasteiger partial charge is 0.340 e. The third-order valence-corrected chi connectivity index (χ3v) is 3.89. The van der Waals surface area contributed by atoms with Crippen LogP contribution in [0.5, 0.6) is 0 Å². The molecule has 2 aromatic carbocycles. The molecule has 2 aromatic heterocycles. The van der Waals surface area contributed by atoms with Crippen molar-refractivity contribution in [2.75, 3.05) is 5.32 Å². The summed E-state index contributed by atoms with van der Waals surface area (Å²) >= 11 is 5.83. The van der Waals surface area contributed by atoms with Crippen molar-refractivity contribution < 1.29 is 4.39 Å².